The highest BCUT2D eigenvalue weighted by Gasteiger charge is 2.18. The van der Waals surface area contributed by atoms with E-state index < -0.39 is 0 Å². The molecule has 0 saturated carbocycles. The molecule has 0 aliphatic rings. The number of aromatic hydroxyl groups is 1. The lowest BCUT2D eigenvalue weighted by molar-refractivity contribution is 0.469. The minimum absolute atomic E-state index is 0.206. The van der Waals surface area contributed by atoms with E-state index in [1.807, 2.05) is 72.8 Å². The maximum absolute atomic E-state index is 10.7. The number of phenolic OH excluding ortho intramolecular Hbond substituents is 1. The Morgan fingerprint density at radius 2 is 1.31 bits per heavy atom. The molecule has 0 fully saturated rings. The van der Waals surface area contributed by atoms with Crippen molar-refractivity contribution in [2.24, 2.45) is 0 Å². The SMILES string of the molecule is Oc1ccc2ccccc2c1C(C#Cc1ccccc1)c1ccccc1. The van der Waals surface area contributed by atoms with Gasteiger partial charge in [0.05, 0.1) is 5.92 Å². The molecule has 124 valence electrons. The summed E-state index contributed by atoms with van der Waals surface area (Å²) in [4.78, 5) is 0. The maximum atomic E-state index is 10.7. The largest absolute Gasteiger partial charge is 0.508 e. The van der Waals surface area contributed by atoms with Gasteiger partial charge in [-0.3, -0.25) is 0 Å². The van der Waals surface area contributed by atoms with E-state index in [4.69, 9.17) is 0 Å². The average molecular weight is 334 g/mol. The van der Waals surface area contributed by atoms with Crippen LogP contribution in [-0.2, 0) is 0 Å². The Morgan fingerprint density at radius 1 is 0.654 bits per heavy atom. The van der Waals surface area contributed by atoms with Gasteiger partial charge < -0.3 is 5.11 Å². The third-order valence-electron chi connectivity index (χ3n) is 4.50. The smallest absolute Gasteiger partial charge is 0.121 e. The molecule has 0 bridgehead atoms. The maximum Gasteiger partial charge on any atom is 0.121 e. The Bertz CT molecular complexity index is 1090. The summed E-state index contributed by atoms with van der Waals surface area (Å²) in [6.45, 7) is 0. The number of hydrogen-bond donors (Lipinski definition) is 1. The van der Waals surface area contributed by atoms with Gasteiger partial charge in [0.15, 0.2) is 0 Å². The van der Waals surface area contributed by atoms with Crippen LogP contribution in [0.2, 0.25) is 0 Å². The molecule has 4 aromatic carbocycles. The minimum Gasteiger partial charge on any atom is -0.508 e. The van der Waals surface area contributed by atoms with Crippen molar-refractivity contribution >= 4 is 10.8 Å². The van der Waals surface area contributed by atoms with Crippen LogP contribution in [0.4, 0.5) is 0 Å². The van der Waals surface area contributed by atoms with Gasteiger partial charge >= 0.3 is 0 Å². The highest BCUT2D eigenvalue weighted by Crippen LogP contribution is 2.36. The van der Waals surface area contributed by atoms with Crippen LogP contribution < -0.4 is 0 Å². The minimum atomic E-state index is -0.206. The normalized spacial score (nSPS) is 11.5. The summed E-state index contributed by atoms with van der Waals surface area (Å²) in [5.74, 6) is 6.74. The number of fused-ring (bicyclic) bond motifs is 1. The molecular weight excluding hydrogens is 316 g/mol. The number of rotatable bonds is 2. The molecule has 4 rings (SSSR count). The van der Waals surface area contributed by atoms with Crippen molar-refractivity contribution < 1.29 is 5.11 Å². The zero-order chi connectivity index (χ0) is 17.8. The molecule has 0 spiro atoms. The summed E-state index contributed by atoms with van der Waals surface area (Å²) in [5.41, 5.74) is 2.90. The molecule has 1 unspecified atom stereocenters. The van der Waals surface area contributed by atoms with Crippen LogP contribution in [0, 0.1) is 11.8 Å². The Labute approximate surface area is 153 Å². The van der Waals surface area contributed by atoms with Crippen LogP contribution in [0.5, 0.6) is 5.75 Å². The predicted octanol–water partition coefficient (Wildman–Crippen LogP) is 5.73. The Morgan fingerprint density at radius 3 is 2.08 bits per heavy atom. The van der Waals surface area contributed by atoms with Gasteiger partial charge in [-0.2, -0.15) is 0 Å². The molecule has 1 heteroatoms. The second-order valence-electron chi connectivity index (χ2n) is 6.20. The molecule has 0 aliphatic heterocycles. The number of hydrogen-bond acceptors (Lipinski definition) is 1. The third kappa shape index (κ3) is 3.18. The fourth-order valence-corrected chi connectivity index (χ4v) is 3.23. The summed E-state index contributed by atoms with van der Waals surface area (Å²) in [7, 11) is 0. The van der Waals surface area contributed by atoms with Gasteiger partial charge in [-0.05, 0) is 34.5 Å². The first kappa shape index (κ1) is 16.0. The summed E-state index contributed by atoms with van der Waals surface area (Å²) in [6.07, 6.45) is 0. The van der Waals surface area contributed by atoms with E-state index in [0.717, 1.165) is 27.5 Å². The van der Waals surface area contributed by atoms with Crippen molar-refractivity contribution in [1.82, 2.24) is 0 Å². The second-order valence-corrected chi connectivity index (χ2v) is 6.20. The van der Waals surface area contributed by atoms with E-state index in [2.05, 4.69) is 30.0 Å². The molecule has 1 N–H and O–H groups in total. The summed E-state index contributed by atoms with van der Waals surface area (Å²) in [6, 6.07) is 31.9. The topological polar surface area (TPSA) is 20.2 Å². The van der Waals surface area contributed by atoms with E-state index >= 15 is 0 Å². The Balaban J connectivity index is 1.93. The fraction of sp³-hybridized carbons (Fsp3) is 0.0400. The zero-order valence-corrected chi connectivity index (χ0v) is 14.3. The van der Waals surface area contributed by atoms with Crippen LogP contribution in [-0.4, -0.2) is 5.11 Å². The van der Waals surface area contributed by atoms with Crippen LogP contribution in [0.3, 0.4) is 0 Å². The van der Waals surface area contributed by atoms with Gasteiger partial charge in [0, 0.05) is 11.1 Å². The molecule has 1 atom stereocenters. The van der Waals surface area contributed by atoms with Gasteiger partial charge in [0.1, 0.15) is 5.75 Å². The van der Waals surface area contributed by atoms with Crippen molar-refractivity contribution in [1.29, 1.82) is 0 Å². The summed E-state index contributed by atoms with van der Waals surface area (Å²) in [5, 5.41) is 12.8. The van der Waals surface area contributed by atoms with Crippen LogP contribution in [0.1, 0.15) is 22.6 Å². The molecule has 1 nitrogen and oxygen atoms in total. The Kier molecular flexibility index (Phi) is 4.41. The first-order chi connectivity index (χ1) is 12.8. The van der Waals surface area contributed by atoms with Crippen molar-refractivity contribution in [3.63, 3.8) is 0 Å². The molecule has 0 aliphatic carbocycles. The van der Waals surface area contributed by atoms with E-state index in [1.54, 1.807) is 6.07 Å². The zero-order valence-electron chi connectivity index (χ0n) is 14.3. The fourth-order valence-electron chi connectivity index (χ4n) is 3.23. The molecule has 4 aromatic rings. The van der Waals surface area contributed by atoms with E-state index in [-0.39, 0.29) is 11.7 Å². The molecule has 26 heavy (non-hydrogen) atoms. The van der Waals surface area contributed by atoms with Crippen LogP contribution in [0.25, 0.3) is 10.8 Å². The standard InChI is InChI=1S/C25H18O/c26-24-18-16-21-13-7-8-14-22(21)25(24)23(20-11-5-2-6-12-20)17-15-19-9-3-1-4-10-19/h1-14,16,18,23,26H. The van der Waals surface area contributed by atoms with Gasteiger partial charge in [0.25, 0.3) is 0 Å². The van der Waals surface area contributed by atoms with Crippen LogP contribution >= 0.6 is 0 Å². The van der Waals surface area contributed by atoms with Gasteiger partial charge in [-0.1, -0.05) is 90.7 Å². The highest BCUT2D eigenvalue weighted by atomic mass is 16.3. The van der Waals surface area contributed by atoms with Crippen LogP contribution in [0.15, 0.2) is 97.1 Å². The van der Waals surface area contributed by atoms with Gasteiger partial charge in [-0.25, -0.2) is 0 Å². The molecule has 0 aromatic heterocycles. The molecule has 0 saturated heterocycles. The summed E-state index contributed by atoms with van der Waals surface area (Å²) < 4.78 is 0. The lowest BCUT2D eigenvalue weighted by Crippen LogP contribution is -2.00. The highest BCUT2D eigenvalue weighted by molar-refractivity contribution is 5.89. The molecule has 0 amide bonds. The first-order valence-electron chi connectivity index (χ1n) is 8.65. The van der Waals surface area contributed by atoms with Crippen molar-refractivity contribution in [2.45, 2.75) is 5.92 Å². The quantitative estimate of drug-likeness (QED) is 0.464. The third-order valence-corrected chi connectivity index (χ3v) is 4.50. The number of benzene rings is 4. The predicted molar refractivity (Wildman–Crippen MR) is 107 cm³/mol. The van der Waals surface area contributed by atoms with Crippen molar-refractivity contribution in [2.75, 3.05) is 0 Å². The van der Waals surface area contributed by atoms with E-state index in [9.17, 15) is 5.11 Å². The molecular formula is C25H18O. The van der Waals surface area contributed by atoms with Gasteiger partial charge in [0.2, 0.25) is 0 Å². The lowest BCUT2D eigenvalue weighted by atomic mass is 9.87. The molecule has 0 radical (unpaired) electrons. The van der Waals surface area contributed by atoms with Crippen molar-refractivity contribution in [3.8, 4) is 17.6 Å². The monoisotopic (exact) mass is 334 g/mol. The van der Waals surface area contributed by atoms with Gasteiger partial charge in [-0.15, -0.1) is 0 Å². The molecule has 0 heterocycles. The average Bonchev–Trinajstić information content (AvgIpc) is 2.71. The lowest BCUT2D eigenvalue weighted by Gasteiger charge is -2.16. The Hall–Kier alpha value is -3.50. The second kappa shape index (κ2) is 7.17. The number of phenols is 1. The first-order valence-corrected chi connectivity index (χ1v) is 8.65. The van der Waals surface area contributed by atoms with E-state index in [1.165, 1.54) is 0 Å². The summed E-state index contributed by atoms with van der Waals surface area (Å²) >= 11 is 0. The van der Waals surface area contributed by atoms with E-state index in [0.29, 0.717) is 0 Å². The van der Waals surface area contributed by atoms with Crippen molar-refractivity contribution in [3.05, 3.63) is 114 Å².